The molecule has 1 aromatic carbocycles. The van der Waals surface area contributed by atoms with Gasteiger partial charge in [-0.25, -0.2) is 9.78 Å². The number of nitrogens with zero attached hydrogens (tertiary/aromatic N) is 2. The minimum atomic E-state index is -0.487. The molecule has 3 rings (SSSR count). The number of urea groups is 1. The van der Waals surface area contributed by atoms with Gasteiger partial charge in [-0.3, -0.25) is 15.0 Å². The molecule has 8 heteroatoms. The summed E-state index contributed by atoms with van der Waals surface area (Å²) in [5.41, 5.74) is 0.685. The Morgan fingerprint density at radius 2 is 1.91 bits per heavy atom. The molecule has 1 saturated heterocycles. The highest BCUT2D eigenvalue weighted by Crippen LogP contribution is 2.26. The second-order valence-electron chi connectivity index (χ2n) is 4.78. The van der Waals surface area contributed by atoms with Gasteiger partial charge in [-0.15, -0.1) is 0 Å². The van der Waals surface area contributed by atoms with Crippen molar-refractivity contribution in [2.45, 2.75) is 6.61 Å². The molecule has 1 N–H and O–H groups in total. The van der Waals surface area contributed by atoms with Crippen LogP contribution in [0.1, 0.15) is 5.56 Å². The zero-order valence-electron chi connectivity index (χ0n) is 11.8. The van der Waals surface area contributed by atoms with Gasteiger partial charge in [0.25, 0.3) is 0 Å². The molecule has 0 atom stereocenters. The van der Waals surface area contributed by atoms with Gasteiger partial charge in [0.05, 0.1) is 6.20 Å². The Balaban J connectivity index is 1.68. The van der Waals surface area contributed by atoms with Gasteiger partial charge in [0, 0.05) is 15.6 Å². The van der Waals surface area contributed by atoms with Crippen molar-refractivity contribution in [3.8, 4) is 5.75 Å². The number of benzene rings is 1. The quantitative estimate of drug-likeness (QED) is 0.859. The highest BCUT2D eigenvalue weighted by molar-refractivity contribution is 6.35. The minimum absolute atomic E-state index is 0.0404. The van der Waals surface area contributed by atoms with E-state index in [4.69, 9.17) is 27.9 Å². The van der Waals surface area contributed by atoms with Crippen molar-refractivity contribution in [3.05, 3.63) is 52.1 Å². The van der Waals surface area contributed by atoms with Crippen LogP contribution in [0.2, 0.25) is 10.0 Å². The summed E-state index contributed by atoms with van der Waals surface area (Å²) >= 11 is 12.1. The number of carbonyl (C=O) groups is 2. The first-order valence-electron chi connectivity index (χ1n) is 6.67. The van der Waals surface area contributed by atoms with Gasteiger partial charge < -0.3 is 4.74 Å². The van der Waals surface area contributed by atoms with Crippen molar-refractivity contribution in [2.75, 3.05) is 11.4 Å². The number of ether oxygens (including phenoxy) is 1. The molecule has 0 saturated carbocycles. The molecule has 118 valence electrons. The number of hydrogen-bond donors (Lipinski definition) is 1. The monoisotopic (exact) mass is 351 g/mol. The fourth-order valence-corrected chi connectivity index (χ4v) is 2.58. The lowest BCUT2D eigenvalue weighted by Gasteiger charge is -2.13. The van der Waals surface area contributed by atoms with Crippen molar-refractivity contribution >= 4 is 41.0 Å². The summed E-state index contributed by atoms with van der Waals surface area (Å²) in [7, 11) is 0. The first-order valence-corrected chi connectivity index (χ1v) is 7.43. The van der Waals surface area contributed by atoms with E-state index in [-0.39, 0.29) is 19.1 Å². The van der Waals surface area contributed by atoms with Crippen molar-refractivity contribution in [1.29, 1.82) is 0 Å². The van der Waals surface area contributed by atoms with E-state index >= 15 is 0 Å². The molecule has 1 aromatic heterocycles. The summed E-state index contributed by atoms with van der Waals surface area (Å²) in [5, 5.41) is 3.23. The van der Waals surface area contributed by atoms with Crippen LogP contribution in [0.4, 0.5) is 10.6 Å². The summed E-state index contributed by atoms with van der Waals surface area (Å²) in [6.45, 7) is 0.156. The van der Waals surface area contributed by atoms with Crippen LogP contribution >= 0.6 is 23.2 Å². The number of halogens is 2. The molecular formula is C15H11Cl2N3O3. The minimum Gasteiger partial charge on any atom is -0.487 e. The molecule has 2 aromatic rings. The van der Waals surface area contributed by atoms with Gasteiger partial charge in [0.1, 0.15) is 24.7 Å². The predicted octanol–water partition coefficient (Wildman–Crippen LogP) is 3.02. The molecule has 0 bridgehead atoms. The van der Waals surface area contributed by atoms with E-state index in [1.807, 2.05) is 0 Å². The Hall–Kier alpha value is -2.31. The molecular weight excluding hydrogens is 341 g/mol. The van der Waals surface area contributed by atoms with Gasteiger partial charge in [-0.1, -0.05) is 29.3 Å². The lowest BCUT2D eigenvalue weighted by molar-refractivity contribution is -0.117. The van der Waals surface area contributed by atoms with Gasteiger partial charge in [-0.05, 0) is 24.3 Å². The van der Waals surface area contributed by atoms with Gasteiger partial charge in [-0.2, -0.15) is 0 Å². The number of rotatable bonds is 4. The number of amides is 3. The molecule has 2 heterocycles. The summed E-state index contributed by atoms with van der Waals surface area (Å²) < 4.78 is 5.60. The topological polar surface area (TPSA) is 71.5 Å². The Morgan fingerprint density at radius 1 is 1.17 bits per heavy atom. The average molecular weight is 352 g/mol. The molecule has 0 radical (unpaired) electrons. The normalized spacial score (nSPS) is 14.1. The number of aromatic nitrogens is 1. The second-order valence-corrected chi connectivity index (χ2v) is 5.59. The summed E-state index contributed by atoms with van der Waals surface area (Å²) in [6.07, 6.45) is 1.47. The van der Waals surface area contributed by atoms with Crippen molar-refractivity contribution in [2.24, 2.45) is 0 Å². The molecule has 0 aliphatic carbocycles. The second kappa shape index (κ2) is 6.44. The number of imide groups is 1. The number of anilines is 1. The molecule has 1 fully saturated rings. The van der Waals surface area contributed by atoms with Crippen LogP contribution in [0.5, 0.6) is 5.75 Å². The molecule has 1 aliphatic heterocycles. The highest BCUT2D eigenvalue weighted by Gasteiger charge is 2.28. The van der Waals surface area contributed by atoms with E-state index in [0.717, 1.165) is 0 Å². The smallest absolute Gasteiger partial charge is 0.330 e. The fourth-order valence-electron chi connectivity index (χ4n) is 2.07. The number of nitrogens with one attached hydrogen (secondary N) is 1. The number of carbonyl (C=O) groups excluding carboxylic acids is 2. The average Bonchev–Trinajstić information content (AvgIpc) is 2.86. The third kappa shape index (κ3) is 3.38. The van der Waals surface area contributed by atoms with Crippen LogP contribution in [0.15, 0.2) is 36.5 Å². The molecule has 0 spiro atoms. The van der Waals surface area contributed by atoms with E-state index < -0.39 is 6.03 Å². The Labute approximate surface area is 142 Å². The lowest BCUT2D eigenvalue weighted by atomic mass is 10.2. The standard InChI is InChI=1S/C15H11Cl2N3O3/c16-11-2-1-3-12(17)10(11)8-23-9-4-5-13(18-6-9)20-7-14(21)19-15(20)22/h1-6H,7-8H2,(H,19,21,22). The highest BCUT2D eigenvalue weighted by atomic mass is 35.5. The summed E-state index contributed by atoms with van der Waals surface area (Å²) in [5.74, 6) is 0.512. The third-order valence-electron chi connectivity index (χ3n) is 3.24. The van der Waals surface area contributed by atoms with Gasteiger partial charge >= 0.3 is 6.03 Å². The van der Waals surface area contributed by atoms with Crippen LogP contribution < -0.4 is 15.0 Å². The SMILES string of the molecule is O=C1CN(c2ccc(OCc3c(Cl)cccc3Cl)cn2)C(=O)N1. The van der Waals surface area contributed by atoms with Gasteiger partial charge in [0.2, 0.25) is 5.91 Å². The van der Waals surface area contributed by atoms with Crippen LogP contribution in [-0.2, 0) is 11.4 Å². The summed E-state index contributed by atoms with van der Waals surface area (Å²) in [4.78, 5) is 28.1. The maximum atomic E-state index is 11.5. The maximum absolute atomic E-state index is 11.5. The van der Waals surface area contributed by atoms with Crippen molar-refractivity contribution in [1.82, 2.24) is 10.3 Å². The van der Waals surface area contributed by atoms with E-state index in [1.165, 1.54) is 11.1 Å². The van der Waals surface area contributed by atoms with Crippen molar-refractivity contribution in [3.63, 3.8) is 0 Å². The molecule has 6 nitrogen and oxygen atoms in total. The Bertz CT molecular complexity index is 745. The zero-order chi connectivity index (χ0) is 16.4. The Kier molecular flexibility index (Phi) is 4.36. The van der Waals surface area contributed by atoms with E-state index in [0.29, 0.717) is 27.2 Å². The third-order valence-corrected chi connectivity index (χ3v) is 3.94. The first-order chi connectivity index (χ1) is 11.0. The molecule has 23 heavy (non-hydrogen) atoms. The maximum Gasteiger partial charge on any atom is 0.330 e. The van der Waals surface area contributed by atoms with Crippen LogP contribution in [-0.4, -0.2) is 23.5 Å². The molecule has 3 amide bonds. The number of hydrogen-bond acceptors (Lipinski definition) is 4. The zero-order valence-corrected chi connectivity index (χ0v) is 13.3. The largest absolute Gasteiger partial charge is 0.487 e. The molecule has 0 unspecified atom stereocenters. The number of pyridine rings is 1. The fraction of sp³-hybridized carbons (Fsp3) is 0.133. The van der Waals surface area contributed by atoms with E-state index in [1.54, 1.807) is 30.3 Å². The summed E-state index contributed by atoms with van der Waals surface area (Å²) in [6, 6.07) is 7.99. The lowest BCUT2D eigenvalue weighted by Crippen LogP contribution is -2.28. The van der Waals surface area contributed by atoms with Crippen LogP contribution in [0, 0.1) is 0 Å². The molecule has 1 aliphatic rings. The Morgan fingerprint density at radius 3 is 2.48 bits per heavy atom. The first kappa shape index (κ1) is 15.6. The van der Waals surface area contributed by atoms with E-state index in [9.17, 15) is 9.59 Å². The predicted molar refractivity (Wildman–Crippen MR) is 85.9 cm³/mol. The van der Waals surface area contributed by atoms with Crippen LogP contribution in [0.25, 0.3) is 0 Å². The van der Waals surface area contributed by atoms with E-state index in [2.05, 4.69) is 10.3 Å². The van der Waals surface area contributed by atoms with Gasteiger partial charge in [0.15, 0.2) is 0 Å². The van der Waals surface area contributed by atoms with Crippen LogP contribution in [0.3, 0.4) is 0 Å². The van der Waals surface area contributed by atoms with Crippen molar-refractivity contribution < 1.29 is 14.3 Å².